The normalized spacial score (nSPS) is 9.68. The van der Waals surface area contributed by atoms with E-state index in [0.29, 0.717) is 27.5 Å². The standard InChI is InChI=1S/C14H10ClN3O/c15-10-4-5-12(13(17)7-10)14(19)18-11-3-1-2-9(6-11)8-16/h1-7H,17H2,(H,18,19). The van der Waals surface area contributed by atoms with Gasteiger partial charge in [0.05, 0.1) is 17.2 Å². The van der Waals surface area contributed by atoms with E-state index in [-0.39, 0.29) is 5.91 Å². The molecule has 0 bridgehead atoms. The van der Waals surface area contributed by atoms with Crippen molar-refractivity contribution in [3.05, 3.63) is 58.6 Å². The fourth-order valence-electron chi connectivity index (χ4n) is 1.61. The summed E-state index contributed by atoms with van der Waals surface area (Å²) in [6.07, 6.45) is 0. The first-order valence-electron chi connectivity index (χ1n) is 5.46. The van der Waals surface area contributed by atoms with Gasteiger partial charge in [-0.15, -0.1) is 0 Å². The highest BCUT2D eigenvalue weighted by molar-refractivity contribution is 6.31. The second-order valence-electron chi connectivity index (χ2n) is 3.88. The highest BCUT2D eigenvalue weighted by Crippen LogP contribution is 2.19. The number of anilines is 2. The molecule has 5 heteroatoms. The van der Waals surface area contributed by atoms with Gasteiger partial charge in [0.15, 0.2) is 0 Å². The number of benzene rings is 2. The van der Waals surface area contributed by atoms with Gasteiger partial charge >= 0.3 is 0 Å². The van der Waals surface area contributed by atoms with Gasteiger partial charge in [0.25, 0.3) is 5.91 Å². The highest BCUT2D eigenvalue weighted by Gasteiger charge is 2.10. The molecular formula is C14H10ClN3O. The summed E-state index contributed by atoms with van der Waals surface area (Å²) >= 11 is 5.77. The van der Waals surface area contributed by atoms with Crippen molar-refractivity contribution >= 4 is 28.9 Å². The molecule has 0 heterocycles. The van der Waals surface area contributed by atoms with Crippen LogP contribution < -0.4 is 11.1 Å². The van der Waals surface area contributed by atoms with E-state index in [1.165, 1.54) is 6.07 Å². The van der Waals surface area contributed by atoms with Crippen molar-refractivity contribution in [3.63, 3.8) is 0 Å². The topological polar surface area (TPSA) is 78.9 Å². The van der Waals surface area contributed by atoms with Gasteiger partial charge < -0.3 is 11.1 Å². The van der Waals surface area contributed by atoms with Crippen molar-refractivity contribution in [2.45, 2.75) is 0 Å². The Bertz CT molecular complexity index is 677. The summed E-state index contributed by atoms with van der Waals surface area (Å²) in [7, 11) is 0. The SMILES string of the molecule is N#Cc1cccc(NC(=O)c2ccc(Cl)cc2N)c1. The number of nitriles is 1. The number of rotatable bonds is 2. The van der Waals surface area contributed by atoms with Crippen molar-refractivity contribution in [3.8, 4) is 6.07 Å². The van der Waals surface area contributed by atoms with Gasteiger partial charge in [-0.25, -0.2) is 0 Å². The molecule has 0 saturated heterocycles. The Balaban J connectivity index is 2.23. The zero-order valence-corrected chi connectivity index (χ0v) is 10.6. The number of amides is 1. The molecule has 3 N–H and O–H groups in total. The fourth-order valence-corrected chi connectivity index (χ4v) is 1.79. The van der Waals surface area contributed by atoms with Crippen LogP contribution >= 0.6 is 11.6 Å². The van der Waals surface area contributed by atoms with E-state index in [4.69, 9.17) is 22.6 Å². The molecule has 0 aliphatic carbocycles. The number of halogens is 1. The molecular weight excluding hydrogens is 262 g/mol. The van der Waals surface area contributed by atoms with E-state index in [0.717, 1.165) is 0 Å². The van der Waals surface area contributed by atoms with Gasteiger partial charge in [-0.2, -0.15) is 5.26 Å². The number of hydrogen-bond acceptors (Lipinski definition) is 3. The summed E-state index contributed by atoms with van der Waals surface area (Å²) in [6, 6.07) is 13.3. The zero-order chi connectivity index (χ0) is 13.8. The van der Waals surface area contributed by atoms with E-state index in [2.05, 4.69) is 5.32 Å². The van der Waals surface area contributed by atoms with E-state index in [1.54, 1.807) is 36.4 Å². The molecule has 19 heavy (non-hydrogen) atoms. The molecule has 0 atom stereocenters. The van der Waals surface area contributed by atoms with Gasteiger partial charge in [0.1, 0.15) is 0 Å². The van der Waals surface area contributed by atoms with Gasteiger partial charge in [-0.3, -0.25) is 4.79 Å². The van der Waals surface area contributed by atoms with E-state index < -0.39 is 0 Å². The van der Waals surface area contributed by atoms with Crippen molar-refractivity contribution in [1.29, 1.82) is 5.26 Å². The molecule has 94 valence electrons. The minimum atomic E-state index is -0.343. The highest BCUT2D eigenvalue weighted by atomic mass is 35.5. The molecule has 1 amide bonds. The molecule has 0 fully saturated rings. The second kappa shape index (κ2) is 5.42. The maximum Gasteiger partial charge on any atom is 0.257 e. The lowest BCUT2D eigenvalue weighted by Crippen LogP contribution is -2.14. The number of hydrogen-bond donors (Lipinski definition) is 2. The first-order chi connectivity index (χ1) is 9.10. The molecule has 0 aliphatic heterocycles. The van der Waals surface area contributed by atoms with E-state index >= 15 is 0 Å². The third-order valence-electron chi connectivity index (χ3n) is 2.51. The van der Waals surface area contributed by atoms with E-state index in [9.17, 15) is 4.79 Å². The first kappa shape index (κ1) is 12.9. The molecule has 0 aliphatic rings. The lowest BCUT2D eigenvalue weighted by molar-refractivity contribution is 0.102. The second-order valence-corrected chi connectivity index (χ2v) is 4.31. The fraction of sp³-hybridized carbons (Fsp3) is 0. The summed E-state index contributed by atoms with van der Waals surface area (Å²) < 4.78 is 0. The number of carbonyl (C=O) groups is 1. The quantitative estimate of drug-likeness (QED) is 0.824. The Morgan fingerprint density at radius 3 is 2.74 bits per heavy atom. The summed E-state index contributed by atoms with van der Waals surface area (Å²) in [5.74, 6) is -0.343. The number of nitrogens with zero attached hydrogens (tertiary/aromatic N) is 1. The summed E-state index contributed by atoms with van der Waals surface area (Å²) in [5, 5.41) is 11.9. The van der Waals surface area contributed by atoms with Crippen LogP contribution in [-0.2, 0) is 0 Å². The number of carbonyl (C=O) groups excluding carboxylic acids is 1. The Labute approximate surface area is 115 Å². The van der Waals surface area contributed by atoms with Crippen molar-refractivity contribution in [1.82, 2.24) is 0 Å². The molecule has 0 spiro atoms. The molecule has 0 radical (unpaired) electrons. The van der Waals surface area contributed by atoms with E-state index in [1.807, 2.05) is 6.07 Å². The molecule has 2 aromatic carbocycles. The number of nitrogens with two attached hydrogens (primary N) is 1. The predicted molar refractivity (Wildman–Crippen MR) is 75.0 cm³/mol. The first-order valence-corrected chi connectivity index (χ1v) is 5.84. The average molecular weight is 272 g/mol. The number of nitrogen functional groups attached to an aromatic ring is 1. The van der Waals surface area contributed by atoms with Gasteiger partial charge in [-0.1, -0.05) is 17.7 Å². The largest absolute Gasteiger partial charge is 0.398 e. The lowest BCUT2D eigenvalue weighted by atomic mass is 10.1. The number of nitrogens with one attached hydrogen (secondary N) is 1. The van der Waals surface area contributed by atoms with Crippen LogP contribution in [0.5, 0.6) is 0 Å². The van der Waals surface area contributed by atoms with Crippen molar-refractivity contribution < 1.29 is 4.79 Å². The molecule has 0 unspecified atom stereocenters. The smallest absolute Gasteiger partial charge is 0.257 e. The van der Waals surface area contributed by atoms with Crippen LogP contribution in [0.4, 0.5) is 11.4 Å². The van der Waals surface area contributed by atoms with Crippen LogP contribution in [0.1, 0.15) is 15.9 Å². The Hall–Kier alpha value is -2.51. The van der Waals surface area contributed by atoms with Crippen LogP contribution in [0.2, 0.25) is 5.02 Å². The minimum Gasteiger partial charge on any atom is -0.398 e. The average Bonchev–Trinajstić information content (AvgIpc) is 2.38. The van der Waals surface area contributed by atoms with Crippen LogP contribution in [-0.4, -0.2) is 5.91 Å². The minimum absolute atomic E-state index is 0.307. The van der Waals surface area contributed by atoms with Gasteiger partial charge in [0.2, 0.25) is 0 Å². The molecule has 2 aromatic rings. The van der Waals surface area contributed by atoms with Crippen LogP contribution in [0, 0.1) is 11.3 Å². The maximum atomic E-state index is 12.0. The zero-order valence-electron chi connectivity index (χ0n) is 9.85. The molecule has 2 rings (SSSR count). The van der Waals surface area contributed by atoms with Crippen LogP contribution in [0.25, 0.3) is 0 Å². The third-order valence-corrected chi connectivity index (χ3v) is 2.74. The monoisotopic (exact) mass is 271 g/mol. The lowest BCUT2D eigenvalue weighted by Gasteiger charge is -2.08. The molecule has 0 saturated carbocycles. The van der Waals surface area contributed by atoms with Gasteiger partial charge in [0, 0.05) is 16.4 Å². The van der Waals surface area contributed by atoms with Crippen LogP contribution in [0.15, 0.2) is 42.5 Å². The Morgan fingerprint density at radius 1 is 1.26 bits per heavy atom. The summed E-state index contributed by atoms with van der Waals surface area (Å²) in [5.41, 5.74) is 7.40. The summed E-state index contributed by atoms with van der Waals surface area (Å²) in [6.45, 7) is 0. The van der Waals surface area contributed by atoms with Crippen LogP contribution in [0.3, 0.4) is 0 Å². The van der Waals surface area contributed by atoms with Gasteiger partial charge in [-0.05, 0) is 36.4 Å². The predicted octanol–water partition coefficient (Wildman–Crippen LogP) is 3.05. The molecule has 4 nitrogen and oxygen atoms in total. The Kier molecular flexibility index (Phi) is 3.69. The maximum absolute atomic E-state index is 12.0. The molecule has 0 aromatic heterocycles. The Morgan fingerprint density at radius 2 is 2.05 bits per heavy atom. The summed E-state index contributed by atoms with van der Waals surface area (Å²) in [4.78, 5) is 12.0. The van der Waals surface area contributed by atoms with Crippen molar-refractivity contribution in [2.75, 3.05) is 11.1 Å². The third kappa shape index (κ3) is 3.03. The van der Waals surface area contributed by atoms with Crippen molar-refractivity contribution in [2.24, 2.45) is 0 Å².